The lowest BCUT2D eigenvalue weighted by molar-refractivity contribution is 0.302. The highest BCUT2D eigenvalue weighted by Gasteiger charge is 2.04. The Labute approximate surface area is 111 Å². The van der Waals surface area contributed by atoms with Gasteiger partial charge < -0.3 is 4.74 Å². The summed E-state index contributed by atoms with van der Waals surface area (Å²) in [5.41, 5.74) is 1.15. The molecule has 0 bridgehead atoms. The van der Waals surface area contributed by atoms with Gasteiger partial charge in [-0.2, -0.15) is 8.78 Å². The first-order valence-electron chi connectivity index (χ1n) is 6.15. The summed E-state index contributed by atoms with van der Waals surface area (Å²) in [4.78, 5) is 0. The van der Waals surface area contributed by atoms with E-state index in [-0.39, 0.29) is 6.42 Å². The summed E-state index contributed by atoms with van der Waals surface area (Å²) in [6.45, 7) is 4.05. The number of benzene rings is 1. The molecule has 0 aromatic heterocycles. The normalized spacial score (nSPS) is 10.1. The summed E-state index contributed by atoms with van der Waals surface area (Å²) < 4.78 is 41.4. The van der Waals surface area contributed by atoms with Crippen LogP contribution in [0.1, 0.15) is 24.8 Å². The van der Waals surface area contributed by atoms with Crippen molar-refractivity contribution in [3.63, 3.8) is 0 Å². The number of rotatable bonds is 8. The molecule has 0 saturated carbocycles. The van der Waals surface area contributed by atoms with E-state index in [0.29, 0.717) is 19.4 Å². The summed E-state index contributed by atoms with van der Waals surface area (Å²) in [6, 6.07) is 7.58. The minimum atomic E-state index is -2.22. The van der Waals surface area contributed by atoms with Gasteiger partial charge in [0.05, 0.1) is 6.61 Å². The van der Waals surface area contributed by atoms with Crippen LogP contribution in [0, 0.1) is 0 Å². The highest BCUT2D eigenvalue weighted by molar-refractivity contribution is 5.28. The topological polar surface area (TPSA) is 9.23 Å². The third-order valence-corrected chi connectivity index (χ3v) is 2.57. The van der Waals surface area contributed by atoms with Crippen molar-refractivity contribution >= 4 is 0 Å². The molecule has 104 valence electrons. The Morgan fingerprint density at radius 1 is 1.11 bits per heavy atom. The highest BCUT2D eigenvalue weighted by Crippen LogP contribution is 2.17. The summed E-state index contributed by atoms with van der Waals surface area (Å²) in [5.74, 6) is -0.603. The first kappa shape index (κ1) is 15.3. The van der Waals surface area contributed by atoms with Crippen LogP contribution in [0.4, 0.5) is 13.2 Å². The second kappa shape index (κ2) is 8.40. The van der Waals surface area contributed by atoms with Gasteiger partial charge in [0.25, 0.3) is 0 Å². The number of ether oxygens (including phenoxy) is 1. The van der Waals surface area contributed by atoms with Gasteiger partial charge in [0.2, 0.25) is 0 Å². The summed E-state index contributed by atoms with van der Waals surface area (Å²) in [6.07, 6.45) is 1.05. The molecule has 0 atom stereocenters. The minimum Gasteiger partial charge on any atom is -0.494 e. The summed E-state index contributed by atoms with van der Waals surface area (Å²) in [7, 11) is 0. The van der Waals surface area contributed by atoms with Gasteiger partial charge in [0.15, 0.2) is 5.83 Å². The molecular weight excluding hydrogens is 253 g/mol. The second-order valence-electron chi connectivity index (χ2n) is 4.11. The van der Waals surface area contributed by atoms with E-state index in [1.807, 2.05) is 30.3 Å². The standard InChI is InChI=1S/C15H17F3O/c1-2-5-12-7-9-13(10-8-12)19-11-4-3-6-14(16)15(17)18/h2,7-10H,1,3-6,11H2. The van der Waals surface area contributed by atoms with E-state index in [2.05, 4.69) is 6.58 Å². The van der Waals surface area contributed by atoms with E-state index >= 15 is 0 Å². The van der Waals surface area contributed by atoms with Crippen molar-refractivity contribution in [2.45, 2.75) is 25.7 Å². The van der Waals surface area contributed by atoms with Gasteiger partial charge in [0, 0.05) is 6.42 Å². The Morgan fingerprint density at radius 2 is 1.79 bits per heavy atom. The van der Waals surface area contributed by atoms with Crippen molar-refractivity contribution in [3.05, 3.63) is 54.4 Å². The average molecular weight is 270 g/mol. The SMILES string of the molecule is C=CCc1ccc(OCCCCC(F)=C(F)F)cc1. The first-order valence-corrected chi connectivity index (χ1v) is 6.15. The molecule has 0 saturated heterocycles. The lowest BCUT2D eigenvalue weighted by Crippen LogP contribution is -1.97. The number of hydrogen-bond donors (Lipinski definition) is 0. The predicted molar refractivity (Wildman–Crippen MR) is 70.0 cm³/mol. The Balaban J connectivity index is 2.22. The van der Waals surface area contributed by atoms with Crippen LogP contribution in [-0.4, -0.2) is 6.61 Å². The van der Waals surface area contributed by atoms with Gasteiger partial charge in [-0.15, -0.1) is 6.58 Å². The van der Waals surface area contributed by atoms with E-state index < -0.39 is 11.9 Å². The lowest BCUT2D eigenvalue weighted by Gasteiger charge is -2.06. The molecule has 0 N–H and O–H groups in total. The fourth-order valence-electron chi connectivity index (χ4n) is 1.56. The van der Waals surface area contributed by atoms with Crippen LogP contribution in [0.5, 0.6) is 5.75 Å². The van der Waals surface area contributed by atoms with Crippen LogP contribution in [0.2, 0.25) is 0 Å². The molecule has 0 aliphatic heterocycles. The summed E-state index contributed by atoms with van der Waals surface area (Å²) in [5, 5.41) is 0. The Morgan fingerprint density at radius 3 is 2.37 bits per heavy atom. The molecule has 0 radical (unpaired) electrons. The number of unbranched alkanes of at least 4 members (excludes halogenated alkanes) is 1. The molecule has 0 unspecified atom stereocenters. The maximum Gasteiger partial charge on any atom is 0.301 e. The maximum atomic E-state index is 12.5. The van der Waals surface area contributed by atoms with E-state index in [9.17, 15) is 13.2 Å². The molecule has 4 heteroatoms. The number of halogens is 3. The van der Waals surface area contributed by atoms with Gasteiger partial charge >= 0.3 is 6.08 Å². The smallest absolute Gasteiger partial charge is 0.301 e. The molecule has 0 heterocycles. The van der Waals surface area contributed by atoms with Crippen molar-refractivity contribution in [1.29, 1.82) is 0 Å². The number of hydrogen-bond acceptors (Lipinski definition) is 1. The minimum absolute atomic E-state index is 0.232. The van der Waals surface area contributed by atoms with Crippen LogP contribution in [0.15, 0.2) is 48.8 Å². The van der Waals surface area contributed by atoms with Gasteiger partial charge in [-0.05, 0) is 37.0 Å². The van der Waals surface area contributed by atoms with E-state index in [4.69, 9.17) is 4.74 Å². The van der Waals surface area contributed by atoms with E-state index in [1.165, 1.54) is 0 Å². The second-order valence-corrected chi connectivity index (χ2v) is 4.11. The zero-order valence-corrected chi connectivity index (χ0v) is 10.7. The molecule has 0 aliphatic carbocycles. The molecule has 0 aliphatic rings. The van der Waals surface area contributed by atoms with Crippen LogP contribution >= 0.6 is 0 Å². The molecule has 0 amide bonds. The summed E-state index contributed by atoms with van der Waals surface area (Å²) >= 11 is 0. The molecule has 19 heavy (non-hydrogen) atoms. The molecule has 1 rings (SSSR count). The largest absolute Gasteiger partial charge is 0.494 e. The molecular formula is C15H17F3O. The average Bonchev–Trinajstić information content (AvgIpc) is 2.40. The quantitative estimate of drug-likeness (QED) is 0.475. The Hall–Kier alpha value is -1.71. The highest BCUT2D eigenvalue weighted by atomic mass is 19.3. The van der Waals surface area contributed by atoms with Crippen LogP contribution in [0.25, 0.3) is 0 Å². The third kappa shape index (κ3) is 6.13. The number of allylic oxidation sites excluding steroid dienone is 2. The first-order chi connectivity index (χ1) is 9.13. The molecule has 0 fully saturated rings. The van der Waals surface area contributed by atoms with Crippen LogP contribution < -0.4 is 4.74 Å². The van der Waals surface area contributed by atoms with Gasteiger partial charge in [-0.25, -0.2) is 4.39 Å². The molecule has 1 aromatic rings. The van der Waals surface area contributed by atoms with E-state index in [0.717, 1.165) is 17.7 Å². The third-order valence-electron chi connectivity index (χ3n) is 2.57. The van der Waals surface area contributed by atoms with Crippen LogP contribution in [-0.2, 0) is 6.42 Å². The molecule has 0 spiro atoms. The Bertz CT molecular complexity index is 420. The zero-order chi connectivity index (χ0) is 14.1. The van der Waals surface area contributed by atoms with Crippen molar-refractivity contribution in [2.24, 2.45) is 0 Å². The van der Waals surface area contributed by atoms with Gasteiger partial charge in [-0.3, -0.25) is 0 Å². The fraction of sp³-hybridized carbons (Fsp3) is 0.333. The predicted octanol–water partition coefficient (Wildman–Crippen LogP) is 5.04. The van der Waals surface area contributed by atoms with Crippen molar-refractivity contribution in [2.75, 3.05) is 6.61 Å². The van der Waals surface area contributed by atoms with Crippen molar-refractivity contribution in [3.8, 4) is 5.75 Å². The lowest BCUT2D eigenvalue weighted by atomic mass is 10.1. The van der Waals surface area contributed by atoms with Gasteiger partial charge in [0.1, 0.15) is 5.75 Å². The van der Waals surface area contributed by atoms with Crippen molar-refractivity contribution in [1.82, 2.24) is 0 Å². The van der Waals surface area contributed by atoms with Crippen molar-refractivity contribution < 1.29 is 17.9 Å². The monoisotopic (exact) mass is 270 g/mol. The van der Waals surface area contributed by atoms with E-state index in [1.54, 1.807) is 0 Å². The zero-order valence-electron chi connectivity index (χ0n) is 10.7. The van der Waals surface area contributed by atoms with Gasteiger partial charge in [-0.1, -0.05) is 18.2 Å². The Kier molecular flexibility index (Phi) is 6.79. The molecule has 1 aromatic carbocycles. The maximum absolute atomic E-state index is 12.5. The molecule has 1 nitrogen and oxygen atoms in total. The fourth-order valence-corrected chi connectivity index (χ4v) is 1.56. The van der Waals surface area contributed by atoms with Crippen LogP contribution in [0.3, 0.4) is 0 Å².